The second-order valence-corrected chi connectivity index (χ2v) is 9.83. The minimum atomic E-state index is 0.434. The quantitative estimate of drug-likeness (QED) is 0.229. The van der Waals surface area contributed by atoms with Crippen LogP contribution >= 0.6 is 69.6 Å². The van der Waals surface area contributed by atoms with E-state index in [0.29, 0.717) is 54.5 Å². The van der Waals surface area contributed by atoms with Crippen molar-refractivity contribution in [2.75, 3.05) is 0 Å². The Hall–Kier alpha value is -1.58. The molecule has 0 aliphatic carbocycles. The molecule has 0 atom stereocenters. The van der Waals surface area contributed by atoms with Gasteiger partial charge in [0.25, 0.3) is 0 Å². The molecule has 0 aliphatic rings. The van der Waals surface area contributed by atoms with Gasteiger partial charge in [-0.3, -0.25) is 0 Å². The van der Waals surface area contributed by atoms with Crippen molar-refractivity contribution in [3.05, 3.63) is 125 Å². The Labute approximate surface area is 222 Å². The van der Waals surface area contributed by atoms with E-state index in [9.17, 15) is 0 Å². The van der Waals surface area contributed by atoms with E-state index in [-0.39, 0.29) is 0 Å². The summed E-state index contributed by atoms with van der Waals surface area (Å²) in [6.45, 7) is 0. The maximum Gasteiger partial charge on any atom is 0.132 e. The normalized spacial score (nSPS) is 11.0. The summed E-state index contributed by atoms with van der Waals surface area (Å²) in [6, 6.07) is 22.1. The number of halogens is 6. The first-order chi connectivity index (χ1) is 15.8. The smallest absolute Gasteiger partial charge is 0.132 e. The van der Waals surface area contributed by atoms with E-state index < -0.39 is 0 Å². The molecule has 4 aromatic carbocycles. The van der Waals surface area contributed by atoms with Gasteiger partial charge in [0.2, 0.25) is 0 Å². The second kappa shape index (κ2) is 10.8. The molecule has 33 heavy (non-hydrogen) atoms. The first kappa shape index (κ1) is 24.5. The molecule has 4 aromatic rings. The molecule has 0 amide bonds. The van der Waals surface area contributed by atoms with Crippen LogP contribution in [-0.4, -0.2) is 0 Å². The lowest BCUT2D eigenvalue weighted by Gasteiger charge is -2.18. The molecule has 0 saturated carbocycles. The molecule has 0 spiro atoms. The van der Waals surface area contributed by atoms with Crippen molar-refractivity contribution in [3.63, 3.8) is 0 Å². The Kier molecular flexibility index (Phi) is 8.02. The molecular formula is C26H16Cl6O. The van der Waals surface area contributed by atoms with Crippen LogP contribution in [0.4, 0.5) is 0 Å². The maximum atomic E-state index is 6.59. The highest BCUT2D eigenvalue weighted by Gasteiger charge is 2.18. The van der Waals surface area contributed by atoms with Gasteiger partial charge in [0.1, 0.15) is 11.5 Å². The number of rotatable bonds is 6. The van der Waals surface area contributed by atoms with Gasteiger partial charge >= 0.3 is 0 Å². The number of hydrogen-bond acceptors (Lipinski definition) is 1. The van der Waals surface area contributed by atoms with E-state index >= 15 is 0 Å². The summed E-state index contributed by atoms with van der Waals surface area (Å²) < 4.78 is 6.37. The fourth-order valence-corrected chi connectivity index (χ4v) is 4.45. The molecule has 0 unspecified atom stereocenters. The Balaban J connectivity index is 1.73. The predicted molar refractivity (Wildman–Crippen MR) is 142 cm³/mol. The summed E-state index contributed by atoms with van der Waals surface area (Å²) in [4.78, 5) is 0. The molecule has 0 fully saturated rings. The van der Waals surface area contributed by atoms with Crippen molar-refractivity contribution in [1.29, 1.82) is 0 Å². The van der Waals surface area contributed by atoms with Crippen LogP contribution in [0.15, 0.2) is 72.8 Å². The summed E-state index contributed by atoms with van der Waals surface area (Å²) in [7, 11) is 0. The average Bonchev–Trinajstić information content (AvgIpc) is 2.80. The topological polar surface area (TPSA) is 9.23 Å². The standard InChI is InChI=1S/C26H16Cl6O/c27-17-5-1-15(2-6-17)13-19-23(11-9-21(29)25(19)31)33-24-12-10-22(30)26(32)20(24)14-16-3-7-18(28)8-4-16/h1-12H,13-14H2. The third-order valence-electron chi connectivity index (χ3n) is 5.11. The van der Waals surface area contributed by atoms with Gasteiger partial charge in [-0.1, -0.05) is 93.9 Å². The van der Waals surface area contributed by atoms with Gasteiger partial charge in [-0.15, -0.1) is 0 Å². The van der Waals surface area contributed by atoms with Crippen LogP contribution in [-0.2, 0) is 12.8 Å². The monoisotopic (exact) mass is 554 g/mol. The predicted octanol–water partition coefficient (Wildman–Crippen LogP) is 10.6. The third kappa shape index (κ3) is 5.92. The van der Waals surface area contributed by atoms with Crippen molar-refractivity contribution in [3.8, 4) is 11.5 Å². The van der Waals surface area contributed by atoms with Crippen LogP contribution in [0.25, 0.3) is 0 Å². The minimum Gasteiger partial charge on any atom is -0.457 e. The summed E-state index contributed by atoms with van der Waals surface area (Å²) in [5.41, 5.74) is 3.55. The highest BCUT2D eigenvalue weighted by molar-refractivity contribution is 6.43. The first-order valence-electron chi connectivity index (χ1n) is 9.92. The van der Waals surface area contributed by atoms with E-state index in [1.165, 1.54) is 0 Å². The Morgan fingerprint density at radius 3 is 1.18 bits per heavy atom. The lowest BCUT2D eigenvalue weighted by Crippen LogP contribution is -1.99. The van der Waals surface area contributed by atoms with Gasteiger partial charge in [-0.25, -0.2) is 0 Å². The largest absolute Gasteiger partial charge is 0.457 e. The zero-order chi connectivity index (χ0) is 23.5. The molecule has 1 nitrogen and oxygen atoms in total. The van der Waals surface area contributed by atoms with Crippen molar-refractivity contribution < 1.29 is 4.74 Å². The molecule has 7 heteroatoms. The molecular weight excluding hydrogens is 541 g/mol. The summed E-state index contributed by atoms with van der Waals surface area (Å²) >= 11 is 37.9. The maximum absolute atomic E-state index is 6.59. The fraction of sp³-hybridized carbons (Fsp3) is 0.0769. The van der Waals surface area contributed by atoms with Crippen LogP contribution in [0.2, 0.25) is 30.1 Å². The zero-order valence-electron chi connectivity index (χ0n) is 17.0. The Morgan fingerprint density at radius 2 is 0.818 bits per heavy atom. The summed E-state index contributed by atoms with van der Waals surface area (Å²) in [5.74, 6) is 1.16. The molecule has 0 radical (unpaired) electrons. The van der Waals surface area contributed by atoms with E-state index in [1.54, 1.807) is 24.3 Å². The summed E-state index contributed by atoms with van der Waals surface area (Å²) in [6.07, 6.45) is 1.03. The molecule has 0 aromatic heterocycles. The highest BCUT2D eigenvalue weighted by atomic mass is 35.5. The van der Waals surface area contributed by atoms with Crippen molar-refractivity contribution in [2.24, 2.45) is 0 Å². The molecule has 4 rings (SSSR count). The zero-order valence-corrected chi connectivity index (χ0v) is 21.6. The first-order valence-corrected chi connectivity index (χ1v) is 12.2. The van der Waals surface area contributed by atoms with E-state index in [1.807, 2.05) is 48.5 Å². The van der Waals surface area contributed by atoms with Gasteiger partial charge in [0.05, 0.1) is 20.1 Å². The Bertz CT molecular complexity index is 1180. The van der Waals surface area contributed by atoms with Crippen molar-refractivity contribution in [1.82, 2.24) is 0 Å². The van der Waals surface area contributed by atoms with Gasteiger partial charge in [-0.05, 0) is 59.7 Å². The second-order valence-electron chi connectivity index (χ2n) is 7.38. The van der Waals surface area contributed by atoms with Gasteiger partial charge in [0, 0.05) is 34.0 Å². The summed E-state index contributed by atoms with van der Waals surface area (Å²) in [5, 5.41) is 3.09. The van der Waals surface area contributed by atoms with Crippen molar-refractivity contribution in [2.45, 2.75) is 12.8 Å². The van der Waals surface area contributed by atoms with E-state index in [4.69, 9.17) is 74.3 Å². The molecule has 0 N–H and O–H groups in total. The van der Waals surface area contributed by atoms with Gasteiger partial charge in [-0.2, -0.15) is 0 Å². The van der Waals surface area contributed by atoms with Crippen LogP contribution in [0, 0.1) is 0 Å². The van der Waals surface area contributed by atoms with E-state index in [0.717, 1.165) is 22.3 Å². The van der Waals surface area contributed by atoms with Crippen LogP contribution in [0.3, 0.4) is 0 Å². The number of ether oxygens (including phenoxy) is 1. The van der Waals surface area contributed by atoms with Gasteiger partial charge in [0.15, 0.2) is 0 Å². The minimum absolute atomic E-state index is 0.434. The molecule has 0 aliphatic heterocycles. The molecule has 0 heterocycles. The lowest BCUT2D eigenvalue weighted by molar-refractivity contribution is 0.472. The number of hydrogen-bond donors (Lipinski definition) is 0. The Morgan fingerprint density at radius 1 is 0.455 bits per heavy atom. The average molecular weight is 557 g/mol. The van der Waals surface area contributed by atoms with Crippen LogP contribution in [0.5, 0.6) is 11.5 Å². The van der Waals surface area contributed by atoms with E-state index in [2.05, 4.69) is 0 Å². The molecule has 0 bridgehead atoms. The van der Waals surface area contributed by atoms with Gasteiger partial charge < -0.3 is 4.74 Å². The molecule has 168 valence electrons. The molecule has 0 saturated heterocycles. The fourth-order valence-electron chi connectivity index (χ4n) is 3.40. The van der Waals surface area contributed by atoms with Crippen molar-refractivity contribution >= 4 is 69.6 Å². The number of benzene rings is 4. The highest BCUT2D eigenvalue weighted by Crippen LogP contribution is 2.41. The van der Waals surface area contributed by atoms with Crippen LogP contribution in [0.1, 0.15) is 22.3 Å². The lowest BCUT2D eigenvalue weighted by atomic mass is 10.0. The van der Waals surface area contributed by atoms with Crippen LogP contribution < -0.4 is 4.74 Å². The third-order valence-corrected chi connectivity index (χ3v) is 7.31. The SMILES string of the molecule is Clc1ccc(Cc2c(Oc3ccc(Cl)c(Cl)c3Cc3ccc(Cl)cc3)ccc(Cl)c2Cl)cc1.